The van der Waals surface area contributed by atoms with Gasteiger partial charge < -0.3 is 16.2 Å². The zero-order valence-corrected chi connectivity index (χ0v) is 12.6. The van der Waals surface area contributed by atoms with Gasteiger partial charge in [-0.05, 0) is 49.9 Å². The number of nitrogens with one attached hydrogen (secondary N) is 1. The monoisotopic (exact) mass is 291 g/mol. The summed E-state index contributed by atoms with van der Waals surface area (Å²) in [4.78, 5) is 14.5. The largest absolute Gasteiger partial charge is 0.396 e. The average molecular weight is 291 g/mol. The van der Waals surface area contributed by atoms with Crippen LogP contribution >= 0.6 is 0 Å². The Morgan fingerprint density at radius 1 is 1.57 bits per heavy atom. The maximum atomic E-state index is 12.4. The molecule has 116 valence electrons. The number of nitrogens with zero attached hydrogens (tertiary/aromatic N) is 1. The Labute approximate surface area is 126 Å². The Bertz CT molecular complexity index is 478. The van der Waals surface area contributed by atoms with Crippen LogP contribution in [0.15, 0.2) is 24.3 Å². The zero-order chi connectivity index (χ0) is 15.2. The maximum Gasteiger partial charge on any atom is 0.241 e. The summed E-state index contributed by atoms with van der Waals surface area (Å²) in [5.74, 6) is 0.275. The number of benzene rings is 1. The summed E-state index contributed by atoms with van der Waals surface area (Å²) in [6, 6.07) is 7.41. The number of carbonyl (C=O) groups is 1. The molecule has 0 spiro atoms. The summed E-state index contributed by atoms with van der Waals surface area (Å²) in [5, 5.41) is 12.2. The van der Waals surface area contributed by atoms with Gasteiger partial charge in [-0.1, -0.05) is 12.1 Å². The highest BCUT2D eigenvalue weighted by molar-refractivity contribution is 5.94. The van der Waals surface area contributed by atoms with Crippen LogP contribution in [-0.2, 0) is 11.3 Å². The predicted molar refractivity (Wildman–Crippen MR) is 83.8 cm³/mol. The second-order valence-corrected chi connectivity index (χ2v) is 5.76. The lowest BCUT2D eigenvalue weighted by atomic mass is 9.97. The minimum absolute atomic E-state index is 0.0113. The fourth-order valence-corrected chi connectivity index (χ4v) is 2.79. The van der Waals surface area contributed by atoms with Crippen LogP contribution in [0, 0.1) is 5.92 Å². The lowest BCUT2D eigenvalue weighted by molar-refractivity contribution is -0.121. The van der Waals surface area contributed by atoms with E-state index in [1.54, 1.807) is 0 Å². The first-order valence-electron chi connectivity index (χ1n) is 7.58. The van der Waals surface area contributed by atoms with E-state index in [1.165, 1.54) is 0 Å². The van der Waals surface area contributed by atoms with Crippen molar-refractivity contribution >= 4 is 11.6 Å². The highest BCUT2D eigenvalue weighted by atomic mass is 16.3. The molecule has 0 saturated carbocycles. The molecule has 1 amide bonds. The first kappa shape index (κ1) is 15.9. The number of rotatable bonds is 5. The van der Waals surface area contributed by atoms with Crippen LogP contribution < -0.4 is 11.1 Å². The van der Waals surface area contributed by atoms with Gasteiger partial charge in [-0.25, -0.2) is 0 Å². The van der Waals surface area contributed by atoms with E-state index in [0.29, 0.717) is 6.54 Å². The third kappa shape index (κ3) is 4.27. The first-order valence-corrected chi connectivity index (χ1v) is 7.58. The minimum Gasteiger partial charge on any atom is -0.396 e. The van der Waals surface area contributed by atoms with E-state index in [4.69, 9.17) is 5.73 Å². The lowest BCUT2D eigenvalue weighted by Gasteiger charge is -2.35. The standard InChI is InChI=1S/C16H25N3O2/c1-12(19-7-3-5-14(10-19)11-20)16(21)18-15-6-2-4-13(8-15)9-17/h2,4,6,8,12,14,20H,3,5,7,9-11,17H2,1H3,(H,18,21). The van der Waals surface area contributed by atoms with Gasteiger partial charge >= 0.3 is 0 Å². The highest BCUT2D eigenvalue weighted by Gasteiger charge is 2.27. The van der Waals surface area contributed by atoms with Crippen LogP contribution in [0.1, 0.15) is 25.3 Å². The summed E-state index contributed by atoms with van der Waals surface area (Å²) in [7, 11) is 0. The molecule has 2 unspecified atom stereocenters. The van der Waals surface area contributed by atoms with Gasteiger partial charge in [-0.3, -0.25) is 9.69 Å². The first-order chi connectivity index (χ1) is 10.1. The summed E-state index contributed by atoms with van der Waals surface area (Å²) in [6.45, 7) is 4.27. The van der Waals surface area contributed by atoms with Gasteiger partial charge in [-0.2, -0.15) is 0 Å². The van der Waals surface area contributed by atoms with E-state index in [2.05, 4.69) is 10.2 Å². The second kappa shape index (κ2) is 7.54. The molecule has 0 bridgehead atoms. The molecule has 2 atom stereocenters. The summed E-state index contributed by atoms with van der Waals surface area (Å²) < 4.78 is 0. The Hall–Kier alpha value is -1.43. The SMILES string of the molecule is CC(C(=O)Nc1cccc(CN)c1)N1CCCC(CO)C1. The van der Waals surface area contributed by atoms with Crippen molar-refractivity contribution in [2.75, 3.05) is 25.0 Å². The molecular weight excluding hydrogens is 266 g/mol. The van der Waals surface area contributed by atoms with Crippen LogP contribution in [0.25, 0.3) is 0 Å². The van der Waals surface area contributed by atoms with Gasteiger partial charge in [0.2, 0.25) is 5.91 Å². The molecule has 1 saturated heterocycles. The summed E-state index contributed by atoms with van der Waals surface area (Å²) in [5.41, 5.74) is 7.39. The number of nitrogens with two attached hydrogens (primary N) is 1. The van der Waals surface area contributed by atoms with E-state index >= 15 is 0 Å². The number of piperidine rings is 1. The molecule has 4 N–H and O–H groups in total. The van der Waals surface area contributed by atoms with Crippen molar-refractivity contribution < 1.29 is 9.90 Å². The molecule has 1 aliphatic rings. The molecular formula is C16H25N3O2. The van der Waals surface area contributed by atoms with Crippen LogP contribution in [0.4, 0.5) is 5.69 Å². The molecule has 1 aromatic carbocycles. The summed E-state index contributed by atoms with van der Waals surface area (Å²) in [6.07, 6.45) is 2.07. The van der Waals surface area contributed by atoms with Gasteiger partial charge in [0.25, 0.3) is 0 Å². The van der Waals surface area contributed by atoms with Crippen molar-refractivity contribution in [3.63, 3.8) is 0 Å². The Balaban J connectivity index is 1.95. The van der Waals surface area contributed by atoms with Crippen molar-refractivity contribution in [1.82, 2.24) is 4.90 Å². The normalized spacial score (nSPS) is 21.0. The molecule has 5 nitrogen and oxygen atoms in total. The fourth-order valence-electron chi connectivity index (χ4n) is 2.79. The number of anilines is 1. The van der Waals surface area contributed by atoms with Crippen LogP contribution in [0.3, 0.4) is 0 Å². The van der Waals surface area contributed by atoms with E-state index in [-0.39, 0.29) is 24.5 Å². The topological polar surface area (TPSA) is 78.6 Å². The number of aliphatic hydroxyl groups is 1. The van der Waals surface area contributed by atoms with Crippen molar-refractivity contribution in [2.45, 2.75) is 32.4 Å². The highest BCUT2D eigenvalue weighted by Crippen LogP contribution is 2.19. The predicted octanol–water partition coefficient (Wildman–Crippen LogP) is 1.18. The average Bonchev–Trinajstić information content (AvgIpc) is 2.54. The molecule has 2 rings (SSSR count). The Kier molecular flexibility index (Phi) is 5.73. The molecule has 1 heterocycles. The second-order valence-electron chi connectivity index (χ2n) is 5.76. The Morgan fingerprint density at radius 3 is 3.10 bits per heavy atom. The number of likely N-dealkylation sites (tertiary alicyclic amines) is 1. The zero-order valence-electron chi connectivity index (χ0n) is 12.6. The number of hydrogen-bond acceptors (Lipinski definition) is 4. The number of aliphatic hydroxyl groups excluding tert-OH is 1. The van der Waals surface area contributed by atoms with Gasteiger partial charge in [0, 0.05) is 25.4 Å². The van der Waals surface area contributed by atoms with Crippen LogP contribution in [-0.4, -0.2) is 41.7 Å². The molecule has 0 aliphatic carbocycles. The minimum atomic E-state index is -0.194. The number of carbonyl (C=O) groups excluding carboxylic acids is 1. The van der Waals surface area contributed by atoms with Crippen molar-refractivity contribution in [1.29, 1.82) is 0 Å². The van der Waals surface area contributed by atoms with E-state index < -0.39 is 0 Å². The molecule has 1 aliphatic heterocycles. The van der Waals surface area contributed by atoms with E-state index in [1.807, 2.05) is 31.2 Å². The molecule has 1 aromatic rings. The number of amides is 1. The smallest absolute Gasteiger partial charge is 0.241 e. The quantitative estimate of drug-likeness (QED) is 0.761. The third-order valence-corrected chi connectivity index (χ3v) is 4.17. The summed E-state index contributed by atoms with van der Waals surface area (Å²) >= 11 is 0. The van der Waals surface area contributed by atoms with E-state index in [0.717, 1.165) is 37.2 Å². The maximum absolute atomic E-state index is 12.4. The Morgan fingerprint density at radius 2 is 2.38 bits per heavy atom. The molecule has 1 fully saturated rings. The van der Waals surface area contributed by atoms with Gasteiger partial charge in [0.1, 0.15) is 0 Å². The molecule has 21 heavy (non-hydrogen) atoms. The van der Waals surface area contributed by atoms with Gasteiger partial charge in [0.15, 0.2) is 0 Å². The van der Waals surface area contributed by atoms with Gasteiger partial charge in [0.05, 0.1) is 6.04 Å². The molecule has 0 radical (unpaired) electrons. The van der Waals surface area contributed by atoms with Crippen LogP contribution in [0.2, 0.25) is 0 Å². The molecule has 0 aromatic heterocycles. The van der Waals surface area contributed by atoms with Gasteiger partial charge in [-0.15, -0.1) is 0 Å². The van der Waals surface area contributed by atoms with Crippen molar-refractivity contribution in [3.05, 3.63) is 29.8 Å². The van der Waals surface area contributed by atoms with E-state index in [9.17, 15) is 9.90 Å². The third-order valence-electron chi connectivity index (χ3n) is 4.17. The fraction of sp³-hybridized carbons (Fsp3) is 0.562. The van der Waals surface area contributed by atoms with Crippen molar-refractivity contribution in [2.24, 2.45) is 11.7 Å². The molecule has 5 heteroatoms. The van der Waals surface area contributed by atoms with Crippen LogP contribution in [0.5, 0.6) is 0 Å². The number of hydrogen-bond donors (Lipinski definition) is 3. The lowest BCUT2D eigenvalue weighted by Crippen LogP contribution is -2.47. The van der Waals surface area contributed by atoms with Crippen molar-refractivity contribution in [3.8, 4) is 0 Å².